The van der Waals surface area contributed by atoms with Crippen molar-refractivity contribution in [1.82, 2.24) is 20.1 Å². The number of hydrogen-bond donors (Lipinski definition) is 1. The van der Waals surface area contributed by atoms with Crippen molar-refractivity contribution >= 4 is 5.91 Å². The number of nitrogens with zero attached hydrogens (tertiary/aromatic N) is 3. The van der Waals surface area contributed by atoms with E-state index in [1.165, 1.54) is 0 Å². The number of aromatic nitrogens is 3. The van der Waals surface area contributed by atoms with Crippen LogP contribution in [0.15, 0.2) is 0 Å². The number of alkyl halides is 3. The van der Waals surface area contributed by atoms with E-state index in [2.05, 4.69) is 15.5 Å². The molecule has 3 atom stereocenters. The van der Waals surface area contributed by atoms with Crippen molar-refractivity contribution in [1.29, 1.82) is 0 Å². The summed E-state index contributed by atoms with van der Waals surface area (Å²) in [6, 6.07) is -0.0593. The first-order chi connectivity index (χ1) is 10.8. The molecule has 0 saturated heterocycles. The average Bonchev–Trinajstić information content (AvgIpc) is 2.88. The van der Waals surface area contributed by atoms with Crippen molar-refractivity contribution in [3.8, 4) is 0 Å². The van der Waals surface area contributed by atoms with Gasteiger partial charge in [0.15, 0.2) is 0 Å². The quantitative estimate of drug-likeness (QED) is 0.906. The summed E-state index contributed by atoms with van der Waals surface area (Å²) >= 11 is 0. The molecule has 1 aliphatic heterocycles. The van der Waals surface area contributed by atoms with Crippen molar-refractivity contribution in [2.75, 3.05) is 0 Å². The molecule has 1 N–H and O–H groups in total. The lowest BCUT2D eigenvalue weighted by atomic mass is 9.80. The standard InChI is InChI=1S/C15H21F3N4O/c1-9-20-21-13-6-5-12(8-22(9)13)19-14(23)10-3-2-4-11(7-10)15(16,17)18/h10-12H,2-8H2,1H3,(H,19,23)/t10-,11+,12+/m0/s1. The molecule has 5 nitrogen and oxygen atoms in total. The first-order valence-corrected chi connectivity index (χ1v) is 8.10. The number of carbonyl (C=O) groups excluding carboxylic acids is 1. The molecule has 1 fully saturated rings. The maximum atomic E-state index is 12.9. The minimum Gasteiger partial charge on any atom is -0.351 e. The fourth-order valence-electron chi connectivity index (χ4n) is 3.62. The lowest BCUT2D eigenvalue weighted by Crippen LogP contribution is -2.45. The molecule has 2 heterocycles. The van der Waals surface area contributed by atoms with Crippen LogP contribution in [-0.2, 0) is 17.8 Å². The fourth-order valence-corrected chi connectivity index (χ4v) is 3.62. The minimum atomic E-state index is -4.20. The molecule has 1 aromatic heterocycles. The molecule has 23 heavy (non-hydrogen) atoms. The number of amides is 1. The summed E-state index contributed by atoms with van der Waals surface area (Å²) in [5.74, 6) is -0.404. The molecular formula is C15H21F3N4O. The predicted molar refractivity (Wildman–Crippen MR) is 76.5 cm³/mol. The molecule has 2 aliphatic rings. The molecule has 0 radical (unpaired) electrons. The number of fused-ring (bicyclic) bond motifs is 1. The van der Waals surface area contributed by atoms with Crippen molar-refractivity contribution in [3.63, 3.8) is 0 Å². The number of carbonyl (C=O) groups is 1. The van der Waals surface area contributed by atoms with Crippen LogP contribution in [0.2, 0.25) is 0 Å². The van der Waals surface area contributed by atoms with Gasteiger partial charge in [0.2, 0.25) is 5.91 Å². The van der Waals surface area contributed by atoms with Gasteiger partial charge in [0.05, 0.1) is 5.92 Å². The maximum absolute atomic E-state index is 12.9. The SMILES string of the molecule is Cc1nnc2n1C[C@H](NC(=O)[C@H]1CCC[C@@H](C(F)(F)F)C1)CC2. The average molecular weight is 330 g/mol. The summed E-state index contributed by atoms with van der Waals surface area (Å²) in [5, 5.41) is 11.0. The molecule has 0 bridgehead atoms. The van der Waals surface area contributed by atoms with Crippen LogP contribution in [0.5, 0.6) is 0 Å². The molecular weight excluding hydrogens is 309 g/mol. The second kappa shape index (κ2) is 6.13. The van der Waals surface area contributed by atoms with Crippen molar-refractivity contribution in [2.24, 2.45) is 11.8 Å². The van der Waals surface area contributed by atoms with Crippen LogP contribution < -0.4 is 5.32 Å². The van der Waals surface area contributed by atoms with Crippen molar-refractivity contribution in [2.45, 2.75) is 64.2 Å². The summed E-state index contributed by atoms with van der Waals surface area (Å²) in [4.78, 5) is 12.4. The first kappa shape index (κ1) is 16.3. The largest absolute Gasteiger partial charge is 0.391 e. The molecule has 128 valence electrons. The Morgan fingerprint density at radius 2 is 2.04 bits per heavy atom. The van der Waals surface area contributed by atoms with Gasteiger partial charge in [-0.15, -0.1) is 10.2 Å². The van der Waals surface area contributed by atoms with Gasteiger partial charge in [-0.05, 0) is 32.6 Å². The van der Waals surface area contributed by atoms with Gasteiger partial charge in [-0.25, -0.2) is 0 Å². The number of aryl methyl sites for hydroxylation is 2. The van der Waals surface area contributed by atoms with E-state index in [9.17, 15) is 18.0 Å². The third-order valence-corrected chi connectivity index (χ3v) is 4.99. The summed E-state index contributed by atoms with van der Waals surface area (Å²) in [7, 11) is 0. The van der Waals surface area contributed by atoms with E-state index in [-0.39, 0.29) is 24.8 Å². The van der Waals surface area contributed by atoms with E-state index in [1.54, 1.807) is 0 Å². The Hall–Kier alpha value is -1.60. The van der Waals surface area contributed by atoms with Crippen LogP contribution in [0, 0.1) is 18.8 Å². The van der Waals surface area contributed by atoms with Crippen molar-refractivity contribution in [3.05, 3.63) is 11.6 Å². The lowest BCUT2D eigenvalue weighted by Gasteiger charge is -2.32. The molecule has 0 aromatic carbocycles. The van der Waals surface area contributed by atoms with E-state index >= 15 is 0 Å². The molecule has 0 spiro atoms. The minimum absolute atomic E-state index is 0.0593. The molecule has 8 heteroatoms. The monoisotopic (exact) mass is 330 g/mol. The van der Waals surface area contributed by atoms with Gasteiger partial charge in [0.1, 0.15) is 11.6 Å². The highest BCUT2D eigenvalue weighted by atomic mass is 19.4. The Bertz CT molecular complexity index is 584. The van der Waals surface area contributed by atoms with Crippen molar-refractivity contribution < 1.29 is 18.0 Å². The van der Waals surface area contributed by atoms with Gasteiger partial charge in [0.25, 0.3) is 0 Å². The summed E-state index contributed by atoms with van der Waals surface area (Å²) in [6.45, 7) is 2.45. The third-order valence-electron chi connectivity index (χ3n) is 4.99. The zero-order valence-corrected chi connectivity index (χ0v) is 13.1. The van der Waals surface area contributed by atoms with Crippen LogP contribution in [0.25, 0.3) is 0 Å². The molecule has 1 saturated carbocycles. The fraction of sp³-hybridized carbons (Fsp3) is 0.800. The predicted octanol–water partition coefficient (Wildman–Crippen LogP) is 2.39. The van der Waals surface area contributed by atoms with E-state index in [1.807, 2.05) is 11.5 Å². The highest BCUT2D eigenvalue weighted by Gasteiger charge is 2.43. The van der Waals surface area contributed by atoms with Gasteiger partial charge < -0.3 is 9.88 Å². The Morgan fingerprint density at radius 1 is 1.26 bits per heavy atom. The van der Waals surface area contributed by atoms with Crippen LogP contribution >= 0.6 is 0 Å². The van der Waals surface area contributed by atoms with Gasteiger partial charge in [-0.2, -0.15) is 13.2 Å². The number of hydrogen-bond acceptors (Lipinski definition) is 3. The summed E-state index contributed by atoms with van der Waals surface area (Å²) in [6.07, 6.45) is -1.66. The smallest absolute Gasteiger partial charge is 0.351 e. The Labute approximate surface area is 132 Å². The maximum Gasteiger partial charge on any atom is 0.391 e. The Kier molecular flexibility index (Phi) is 4.33. The van der Waals surface area contributed by atoms with Gasteiger partial charge in [0, 0.05) is 24.9 Å². The summed E-state index contributed by atoms with van der Waals surface area (Å²) in [5.41, 5.74) is 0. The second-order valence-corrected chi connectivity index (χ2v) is 6.62. The molecule has 1 amide bonds. The number of halogens is 3. The highest BCUT2D eigenvalue weighted by molar-refractivity contribution is 5.79. The Morgan fingerprint density at radius 3 is 2.78 bits per heavy atom. The molecule has 0 unspecified atom stereocenters. The number of rotatable bonds is 2. The normalized spacial score (nSPS) is 28.3. The third kappa shape index (κ3) is 3.50. The van der Waals surface area contributed by atoms with E-state index in [0.717, 1.165) is 24.5 Å². The van der Waals surface area contributed by atoms with Crippen LogP contribution in [0.3, 0.4) is 0 Å². The topological polar surface area (TPSA) is 59.8 Å². The highest BCUT2D eigenvalue weighted by Crippen LogP contribution is 2.40. The van der Waals surface area contributed by atoms with Crippen LogP contribution in [0.4, 0.5) is 13.2 Å². The van der Waals surface area contributed by atoms with E-state index in [0.29, 0.717) is 19.4 Å². The van der Waals surface area contributed by atoms with Crippen LogP contribution in [-0.4, -0.2) is 32.9 Å². The van der Waals surface area contributed by atoms with Gasteiger partial charge >= 0.3 is 6.18 Å². The molecule has 1 aromatic rings. The molecule has 3 rings (SSSR count). The molecule has 1 aliphatic carbocycles. The summed E-state index contributed by atoms with van der Waals surface area (Å²) < 4.78 is 40.6. The van der Waals surface area contributed by atoms with E-state index in [4.69, 9.17) is 0 Å². The van der Waals surface area contributed by atoms with Gasteiger partial charge in [-0.1, -0.05) is 6.42 Å². The van der Waals surface area contributed by atoms with Crippen LogP contribution in [0.1, 0.15) is 43.8 Å². The first-order valence-electron chi connectivity index (χ1n) is 8.10. The van der Waals surface area contributed by atoms with Gasteiger partial charge in [-0.3, -0.25) is 4.79 Å². The second-order valence-electron chi connectivity index (χ2n) is 6.62. The van der Waals surface area contributed by atoms with E-state index < -0.39 is 18.0 Å². The Balaban J connectivity index is 1.58. The lowest BCUT2D eigenvalue weighted by molar-refractivity contribution is -0.186. The zero-order chi connectivity index (χ0) is 16.6. The number of nitrogens with one attached hydrogen (secondary N) is 1. The zero-order valence-electron chi connectivity index (χ0n) is 13.1.